The molecule has 4 rings (SSSR count). The highest BCUT2D eigenvalue weighted by atomic mass is 16.1. The second kappa shape index (κ2) is 3.47. The second-order valence-electron chi connectivity index (χ2n) is 6.47. The number of likely N-dealkylation sites (N-methyl/N-ethyl adjacent to an activating group) is 1. The van der Waals surface area contributed by atoms with Crippen LogP contribution in [0.25, 0.3) is 0 Å². The van der Waals surface area contributed by atoms with Crippen molar-refractivity contribution in [2.45, 2.75) is 31.8 Å². The van der Waals surface area contributed by atoms with E-state index in [0.717, 1.165) is 24.9 Å². The summed E-state index contributed by atoms with van der Waals surface area (Å²) in [5, 5.41) is 0. The molecule has 18 heavy (non-hydrogen) atoms. The molecule has 0 amide bonds. The molecule has 2 fully saturated rings. The summed E-state index contributed by atoms with van der Waals surface area (Å²) in [6, 6.07) is 6.50. The molecule has 1 saturated heterocycles. The number of likely N-dealkylation sites (tertiary alicyclic amines) is 1. The molecule has 3 heterocycles. The van der Waals surface area contributed by atoms with E-state index in [1.807, 2.05) is 10.6 Å². The first-order valence-corrected chi connectivity index (χ1v) is 7.07. The third-order valence-corrected chi connectivity index (χ3v) is 5.63. The lowest BCUT2D eigenvalue weighted by Crippen LogP contribution is -2.52. The van der Waals surface area contributed by atoms with Crippen molar-refractivity contribution >= 4 is 0 Å². The van der Waals surface area contributed by atoms with Gasteiger partial charge >= 0.3 is 0 Å². The molecule has 0 radical (unpaired) electrons. The molecule has 3 unspecified atom stereocenters. The maximum absolute atomic E-state index is 12.0. The summed E-state index contributed by atoms with van der Waals surface area (Å²) in [5.74, 6) is 2.86. The Bertz CT molecular complexity index is 550. The summed E-state index contributed by atoms with van der Waals surface area (Å²) < 4.78 is 2.05. The number of aromatic nitrogens is 1. The van der Waals surface area contributed by atoms with Gasteiger partial charge < -0.3 is 9.47 Å². The van der Waals surface area contributed by atoms with Crippen LogP contribution in [0.2, 0.25) is 0 Å². The van der Waals surface area contributed by atoms with Gasteiger partial charge in [-0.05, 0) is 37.3 Å². The smallest absolute Gasteiger partial charge is 0.250 e. The quantitative estimate of drug-likeness (QED) is 0.691. The minimum Gasteiger partial charge on any atom is -0.312 e. The molecule has 3 nitrogen and oxygen atoms in total. The van der Waals surface area contributed by atoms with Crippen molar-refractivity contribution in [3.05, 3.63) is 34.2 Å². The van der Waals surface area contributed by atoms with E-state index in [2.05, 4.69) is 24.9 Å². The molecule has 0 N–H and O–H groups in total. The summed E-state index contributed by atoms with van der Waals surface area (Å²) in [6.07, 6.45) is 1.31. The Morgan fingerprint density at radius 2 is 2.11 bits per heavy atom. The van der Waals surface area contributed by atoms with Gasteiger partial charge in [0.2, 0.25) is 0 Å². The molecule has 5 atom stereocenters. The van der Waals surface area contributed by atoms with Crippen LogP contribution in [-0.4, -0.2) is 29.1 Å². The number of hydrogen-bond donors (Lipinski definition) is 0. The first-order chi connectivity index (χ1) is 8.66. The third kappa shape index (κ3) is 1.21. The van der Waals surface area contributed by atoms with Gasteiger partial charge in [0.15, 0.2) is 0 Å². The van der Waals surface area contributed by atoms with Crippen molar-refractivity contribution in [1.29, 1.82) is 0 Å². The van der Waals surface area contributed by atoms with E-state index < -0.39 is 0 Å². The number of hydrogen-bond acceptors (Lipinski definition) is 2. The van der Waals surface area contributed by atoms with E-state index in [4.69, 9.17) is 0 Å². The van der Waals surface area contributed by atoms with E-state index in [1.165, 1.54) is 12.1 Å². The highest BCUT2D eigenvalue weighted by Crippen LogP contribution is 2.53. The van der Waals surface area contributed by atoms with Crippen LogP contribution >= 0.6 is 0 Å². The molecule has 96 valence electrons. The lowest BCUT2D eigenvalue weighted by atomic mass is 9.72. The first kappa shape index (κ1) is 10.8. The normalized spacial score (nSPS) is 41.8. The van der Waals surface area contributed by atoms with E-state index in [0.29, 0.717) is 17.9 Å². The van der Waals surface area contributed by atoms with Crippen LogP contribution in [0.4, 0.5) is 0 Å². The maximum atomic E-state index is 12.0. The van der Waals surface area contributed by atoms with Crippen molar-refractivity contribution in [2.75, 3.05) is 13.6 Å². The molecule has 1 aromatic heterocycles. The molecule has 1 aromatic rings. The number of fused-ring (bicyclic) bond motifs is 2. The van der Waals surface area contributed by atoms with Gasteiger partial charge in [0.05, 0.1) is 0 Å². The number of piperidine rings is 1. The number of nitrogens with zero attached hydrogens (tertiary/aromatic N) is 2. The maximum Gasteiger partial charge on any atom is 0.250 e. The first-order valence-electron chi connectivity index (χ1n) is 7.07. The molecular formula is C15H20N2O. The third-order valence-electron chi connectivity index (χ3n) is 5.63. The van der Waals surface area contributed by atoms with Gasteiger partial charge in [0, 0.05) is 36.8 Å². The highest BCUT2D eigenvalue weighted by Gasteiger charge is 2.53. The van der Waals surface area contributed by atoms with Gasteiger partial charge in [-0.1, -0.05) is 13.0 Å². The number of pyridine rings is 1. The topological polar surface area (TPSA) is 25.2 Å². The molecular weight excluding hydrogens is 224 g/mol. The summed E-state index contributed by atoms with van der Waals surface area (Å²) in [6.45, 7) is 4.47. The molecule has 0 aromatic carbocycles. The summed E-state index contributed by atoms with van der Waals surface area (Å²) in [4.78, 5) is 14.6. The van der Waals surface area contributed by atoms with Gasteiger partial charge in [-0.2, -0.15) is 0 Å². The van der Waals surface area contributed by atoms with Gasteiger partial charge in [0.1, 0.15) is 0 Å². The van der Waals surface area contributed by atoms with E-state index >= 15 is 0 Å². The van der Waals surface area contributed by atoms with Crippen LogP contribution in [0.5, 0.6) is 0 Å². The molecule has 1 aliphatic carbocycles. The zero-order valence-electron chi connectivity index (χ0n) is 11.0. The fourth-order valence-electron chi connectivity index (χ4n) is 4.96. The SMILES string of the molecule is C[C@@H]1CC2[C@H]3Cn4c(cccc4=O)C(CN2C)C31. The van der Waals surface area contributed by atoms with Crippen LogP contribution < -0.4 is 5.56 Å². The Morgan fingerprint density at radius 3 is 2.94 bits per heavy atom. The summed E-state index contributed by atoms with van der Waals surface area (Å²) in [5.41, 5.74) is 1.47. The Hall–Kier alpha value is -1.09. The van der Waals surface area contributed by atoms with Crippen LogP contribution in [0, 0.1) is 17.8 Å². The van der Waals surface area contributed by atoms with Crippen molar-refractivity contribution in [2.24, 2.45) is 17.8 Å². The van der Waals surface area contributed by atoms with Gasteiger partial charge in [0.25, 0.3) is 5.56 Å². The predicted molar refractivity (Wildman–Crippen MR) is 70.6 cm³/mol. The lowest BCUT2D eigenvalue weighted by molar-refractivity contribution is 0.0600. The second-order valence-corrected chi connectivity index (χ2v) is 6.47. The van der Waals surface area contributed by atoms with E-state index in [-0.39, 0.29) is 5.56 Å². The van der Waals surface area contributed by atoms with E-state index in [9.17, 15) is 4.79 Å². The average Bonchev–Trinajstić information content (AvgIpc) is 2.60. The summed E-state index contributed by atoms with van der Waals surface area (Å²) >= 11 is 0. The zero-order chi connectivity index (χ0) is 12.4. The van der Waals surface area contributed by atoms with Crippen molar-refractivity contribution in [1.82, 2.24) is 9.47 Å². The van der Waals surface area contributed by atoms with E-state index in [1.54, 1.807) is 6.07 Å². The van der Waals surface area contributed by atoms with Crippen LogP contribution in [0.15, 0.2) is 23.0 Å². The zero-order valence-corrected chi connectivity index (χ0v) is 11.0. The van der Waals surface area contributed by atoms with Crippen LogP contribution in [-0.2, 0) is 6.54 Å². The molecule has 0 spiro atoms. The Morgan fingerprint density at radius 1 is 1.28 bits per heavy atom. The highest BCUT2D eigenvalue weighted by molar-refractivity contribution is 5.22. The minimum absolute atomic E-state index is 0.193. The van der Waals surface area contributed by atoms with Crippen LogP contribution in [0.1, 0.15) is 25.0 Å². The van der Waals surface area contributed by atoms with Crippen molar-refractivity contribution in [3.8, 4) is 0 Å². The molecule has 4 bridgehead atoms. The average molecular weight is 244 g/mol. The molecule has 3 heteroatoms. The fraction of sp³-hybridized carbons (Fsp3) is 0.667. The lowest BCUT2D eigenvalue weighted by Gasteiger charge is -2.47. The fourth-order valence-corrected chi connectivity index (χ4v) is 4.96. The van der Waals surface area contributed by atoms with Gasteiger partial charge in [-0.3, -0.25) is 4.79 Å². The van der Waals surface area contributed by atoms with Crippen LogP contribution in [0.3, 0.4) is 0 Å². The minimum atomic E-state index is 0.193. The Labute approximate surface area is 107 Å². The van der Waals surface area contributed by atoms with Gasteiger partial charge in [-0.15, -0.1) is 0 Å². The van der Waals surface area contributed by atoms with Crippen molar-refractivity contribution < 1.29 is 0 Å². The number of rotatable bonds is 0. The molecule has 3 aliphatic rings. The Balaban J connectivity index is 1.91. The molecule has 2 aliphatic heterocycles. The monoisotopic (exact) mass is 244 g/mol. The molecule has 1 saturated carbocycles. The largest absolute Gasteiger partial charge is 0.312 e. The van der Waals surface area contributed by atoms with Crippen molar-refractivity contribution in [3.63, 3.8) is 0 Å². The Kier molecular flexibility index (Phi) is 2.08. The van der Waals surface area contributed by atoms with Gasteiger partial charge in [-0.25, -0.2) is 0 Å². The predicted octanol–water partition coefficient (Wildman–Crippen LogP) is 1.53. The summed E-state index contributed by atoms with van der Waals surface area (Å²) in [7, 11) is 2.26. The standard InChI is InChI=1S/C15H20N2O/c1-9-6-13-11-8-17-12(4-3-5-14(17)18)10(15(9)11)7-16(13)2/h3-5,9-11,13,15H,6-8H2,1-2H3/t9-,10?,11-,13?,15?/m1/s1.